The molecule has 0 spiro atoms. The normalized spacial score (nSPS) is 16.0. The van der Waals surface area contributed by atoms with Crippen LogP contribution in [0.3, 0.4) is 0 Å². The largest absolute Gasteiger partial charge is 0.429 e. The molecule has 8 heteroatoms. The van der Waals surface area contributed by atoms with Crippen LogP contribution in [0.4, 0.5) is 4.39 Å². The van der Waals surface area contributed by atoms with Crippen molar-refractivity contribution in [3.63, 3.8) is 0 Å². The molecule has 1 aliphatic rings. The molecule has 1 saturated heterocycles. The number of nitrogens with one attached hydrogen (secondary N) is 1. The van der Waals surface area contributed by atoms with Gasteiger partial charge in [-0.2, -0.15) is 0 Å². The van der Waals surface area contributed by atoms with Crippen LogP contribution in [0.2, 0.25) is 0 Å². The summed E-state index contributed by atoms with van der Waals surface area (Å²) in [7, 11) is 0. The van der Waals surface area contributed by atoms with Gasteiger partial charge in [-0.25, -0.2) is 4.39 Å². The highest BCUT2D eigenvalue weighted by molar-refractivity contribution is 7.71. The van der Waals surface area contributed by atoms with Crippen LogP contribution in [0.15, 0.2) is 34.9 Å². The first kappa shape index (κ1) is 19.7. The molecule has 2 heterocycles. The van der Waals surface area contributed by atoms with Crippen molar-refractivity contribution in [3.05, 3.63) is 41.1 Å². The Kier molecular flexibility index (Phi) is 6.41. The van der Waals surface area contributed by atoms with Crippen molar-refractivity contribution in [1.29, 1.82) is 0 Å². The number of hydrogen-bond donors (Lipinski definition) is 1. The number of piperazine rings is 1. The molecular formula is C19H25FN4O2S. The van der Waals surface area contributed by atoms with Crippen molar-refractivity contribution >= 4 is 18.1 Å². The topological polar surface area (TPSA) is 53.7 Å². The van der Waals surface area contributed by atoms with Crippen LogP contribution in [0.5, 0.6) is 0 Å². The lowest BCUT2D eigenvalue weighted by atomic mass is 10.2. The Bertz CT molecular complexity index is 823. The van der Waals surface area contributed by atoms with Crippen molar-refractivity contribution in [2.24, 2.45) is 0 Å². The second-order valence-corrected chi connectivity index (χ2v) is 7.45. The molecule has 0 atom stereocenters. The summed E-state index contributed by atoms with van der Waals surface area (Å²) in [4.78, 5) is 16.7. The van der Waals surface area contributed by atoms with Crippen LogP contribution in [0, 0.1) is 10.7 Å². The molecule has 1 aromatic carbocycles. The lowest BCUT2D eigenvalue weighted by Crippen LogP contribution is -2.50. The number of oxazole rings is 1. The van der Waals surface area contributed by atoms with E-state index in [0.717, 1.165) is 31.7 Å². The Labute approximate surface area is 163 Å². The molecule has 2 aromatic rings. The van der Waals surface area contributed by atoms with Gasteiger partial charge in [0.15, 0.2) is 5.76 Å². The summed E-state index contributed by atoms with van der Waals surface area (Å²) in [5.41, 5.74) is 0.794. The summed E-state index contributed by atoms with van der Waals surface area (Å²) >= 11 is 5.32. The molecule has 0 bridgehead atoms. The molecule has 3 rings (SSSR count). The van der Waals surface area contributed by atoms with E-state index in [1.807, 2.05) is 24.6 Å². The number of carbonyl (C=O) groups excluding carboxylic acids is 1. The third-order valence-electron chi connectivity index (χ3n) is 4.47. The zero-order chi connectivity index (χ0) is 19.4. The molecule has 1 amide bonds. The molecule has 0 aliphatic carbocycles. The minimum Gasteiger partial charge on any atom is -0.429 e. The number of rotatable bonds is 6. The summed E-state index contributed by atoms with van der Waals surface area (Å²) in [5, 5.41) is 2.92. The first-order valence-electron chi connectivity index (χ1n) is 9.11. The number of carbonyl (C=O) groups is 1. The zero-order valence-electron chi connectivity index (χ0n) is 15.7. The summed E-state index contributed by atoms with van der Waals surface area (Å²) in [6, 6.07) is 6.32. The smallest absolute Gasteiger partial charge is 0.270 e. The third kappa shape index (κ3) is 5.47. The Morgan fingerprint density at radius 2 is 1.81 bits per heavy atom. The van der Waals surface area contributed by atoms with E-state index in [-0.39, 0.29) is 17.8 Å². The van der Waals surface area contributed by atoms with E-state index in [4.69, 9.17) is 16.6 Å². The van der Waals surface area contributed by atoms with Crippen molar-refractivity contribution in [1.82, 2.24) is 19.7 Å². The van der Waals surface area contributed by atoms with Gasteiger partial charge in [0.1, 0.15) is 5.82 Å². The Morgan fingerprint density at radius 1 is 1.19 bits per heavy atom. The van der Waals surface area contributed by atoms with Crippen molar-refractivity contribution in [2.75, 3.05) is 32.7 Å². The highest BCUT2D eigenvalue weighted by Gasteiger charge is 2.20. The minimum absolute atomic E-state index is 0.0689. The van der Waals surface area contributed by atoms with Gasteiger partial charge in [-0.05, 0) is 50.3 Å². The summed E-state index contributed by atoms with van der Waals surface area (Å²) < 4.78 is 20.6. The number of hydrogen-bond acceptors (Lipinski definition) is 5. The van der Waals surface area contributed by atoms with Gasteiger partial charge in [0.25, 0.3) is 4.84 Å². The zero-order valence-corrected chi connectivity index (χ0v) is 16.5. The van der Waals surface area contributed by atoms with Crippen LogP contribution in [-0.4, -0.2) is 59.0 Å². The van der Waals surface area contributed by atoms with E-state index in [9.17, 15) is 9.18 Å². The first-order chi connectivity index (χ1) is 12.9. The molecule has 0 saturated carbocycles. The number of halogens is 1. The van der Waals surface area contributed by atoms with E-state index in [1.165, 1.54) is 12.1 Å². The lowest BCUT2D eigenvalue weighted by Gasteiger charge is -2.34. The predicted molar refractivity (Wildman–Crippen MR) is 104 cm³/mol. The van der Waals surface area contributed by atoms with E-state index >= 15 is 0 Å². The maximum atomic E-state index is 13.1. The Balaban J connectivity index is 1.54. The second-order valence-electron chi connectivity index (χ2n) is 7.10. The monoisotopic (exact) mass is 392 g/mol. The fourth-order valence-corrected chi connectivity index (χ4v) is 3.29. The quantitative estimate of drug-likeness (QED) is 0.766. The number of nitrogens with zero attached hydrogens (tertiary/aromatic N) is 3. The van der Waals surface area contributed by atoms with Crippen LogP contribution in [-0.2, 0) is 11.5 Å². The van der Waals surface area contributed by atoms with Gasteiger partial charge in [-0.15, -0.1) is 0 Å². The van der Waals surface area contributed by atoms with Crippen LogP contribution < -0.4 is 5.32 Å². The van der Waals surface area contributed by atoms with Crippen molar-refractivity contribution in [3.8, 4) is 11.3 Å². The van der Waals surface area contributed by atoms with Gasteiger partial charge in [0.05, 0.1) is 19.4 Å². The molecule has 146 valence electrons. The molecule has 1 fully saturated rings. The summed E-state index contributed by atoms with van der Waals surface area (Å²) in [6.07, 6.45) is 1.86. The predicted octanol–water partition coefficient (Wildman–Crippen LogP) is 2.72. The Morgan fingerprint density at radius 3 is 2.44 bits per heavy atom. The van der Waals surface area contributed by atoms with Crippen LogP contribution in [0.1, 0.15) is 13.8 Å². The van der Waals surface area contributed by atoms with Crippen molar-refractivity contribution in [2.45, 2.75) is 26.6 Å². The van der Waals surface area contributed by atoms with E-state index in [2.05, 4.69) is 15.1 Å². The van der Waals surface area contributed by atoms with Gasteiger partial charge < -0.3 is 9.73 Å². The number of benzene rings is 1. The molecule has 1 aliphatic heterocycles. The van der Waals surface area contributed by atoms with Gasteiger partial charge >= 0.3 is 0 Å². The van der Waals surface area contributed by atoms with E-state index in [0.29, 0.717) is 23.8 Å². The molecule has 27 heavy (non-hydrogen) atoms. The summed E-state index contributed by atoms with van der Waals surface area (Å²) in [5.74, 6) is 0.417. The minimum atomic E-state index is -0.281. The standard InChI is InChI=1S/C19H25FN4O2S/c1-14(2)21-18(25)12-22-7-9-23(10-8-22)13-24-11-17(26-19(24)27)15-3-5-16(20)6-4-15/h3-6,11,14H,7-10,12-13H2,1-2H3,(H,21,25). The molecule has 0 radical (unpaired) electrons. The van der Waals surface area contributed by atoms with E-state index in [1.54, 1.807) is 12.1 Å². The summed E-state index contributed by atoms with van der Waals surface area (Å²) in [6.45, 7) is 8.38. The van der Waals surface area contributed by atoms with Gasteiger partial charge in [0, 0.05) is 37.8 Å². The van der Waals surface area contributed by atoms with Crippen LogP contribution >= 0.6 is 12.2 Å². The molecule has 6 nitrogen and oxygen atoms in total. The average Bonchev–Trinajstić information content (AvgIpc) is 2.97. The van der Waals surface area contributed by atoms with Crippen LogP contribution in [0.25, 0.3) is 11.3 Å². The lowest BCUT2D eigenvalue weighted by molar-refractivity contribution is -0.123. The third-order valence-corrected chi connectivity index (χ3v) is 4.79. The maximum absolute atomic E-state index is 13.1. The maximum Gasteiger partial charge on any atom is 0.270 e. The highest BCUT2D eigenvalue weighted by Crippen LogP contribution is 2.21. The molecule has 0 unspecified atom stereocenters. The average molecular weight is 393 g/mol. The number of amides is 1. The molecular weight excluding hydrogens is 367 g/mol. The molecule has 1 N–H and O–H groups in total. The van der Waals surface area contributed by atoms with Gasteiger partial charge in [-0.1, -0.05) is 0 Å². The fraction of sp³-hybridized carbons (Fsp3) is 0.474. The first-order valence-corrected chi connectivity index (χ1v) is 9.52. The Hall–Kier alpha value is -2.03. The van der Waals surface area contributed by atoms with E-state index < -0.39 is 0 Å². The van der Waals surface area contributed by atoms with Crippen molar-refractivity contribution < 1.29 is 13.6 Å². The highest BCUT2D eigenvalue weighted by atomic mass is 32.1. The van der Waals surface area contributed by atoms with Gasteiger partial charge in [-0.3, -0.25) is 19.2 Å². The van der Waals surface area contributed by atoms with Gasteiger partial charge in [0.2, 0.25) is 5.91 Å². The second kappa shape index (κ2) is 8.77. The fourth-order valence-electron chi connectivity index (χ4n) is 3.09. The molecule has 1 aromatic heterocycles. The number of aromatic nitrogens is 1. The SMILES string of the molecule is CC(C)NC(=O)CN1CCN(Cn2cc(-c3ccc(F)cc3)oc2=S)CC1.